The summed E-state index contributed by atoms with van der Waals surface area (Å²) in [5.41, 5.74) is 5.49. The lowest BCUT2D eigenvalue weighted by atomic mass is 10.1. The van der Waals surface area contributed by atoms with Gasteiger partial charge in [0.25, 0.3) is 0 Å². The van der Waals surface area contributed by atoms with Crippen LogP contribution < -0.4 is 5.73 Å². The predicted octanol–water partition coefficient (Wildman–Crippen LogP) is 3.31. The molecule has 0 amide bonds. The summed E-state index contributed by atoms with van der Waals surface area (Å²) in [7, 11) is 0. The van der Waals surface area contributed by atoms with Crippen molar-refractivity contribution >= 4 is 0 Å². The van der Waals surface area contributed by atoms with Crippen molar-refractivity contribution in [2.45, 2.75) is 76.9 Å². The van der Waals surface area contributed by atoms with Crippen LogP contribution in [0.15, 0.2) is 24.3 Å². The molecule has 20 heavy (non-hydrogen) atoms. The maximum Gasteiger partial charge on any atom is 0.0894 e. The number of nitrogens with two attached hydrogens (primary N) is 1. The SMILES string of the molecule is CCCCCCC/C=C/CCC/C=C/C(O)C(N)CO. The van der Waals surface area contributed by atoms with Gasteiger partial charge in [-0.3, -0.25) is 0 Å². The quantitative estimate of drug-likeness (QED) is 0.359. The van der Waals surface area contributed by atoms with Crippen LogP contribution in [0.5, 0.6) is 0 Å². The second kappa shape index (κ2) is 14.8. The molecular weight excluding hydrogens is 250 g/mol. The molecule has 2 unspecified atom stereocenters. The van der Waals surface area contributed by atoms with Gasteiger partial charge in [0.15, 0.2) is 0 Å². The van der Waals surface area contributed by atoms with Crippen LogP contribution in [0.2, 0.25) is 0 Å². The van der Waals surface area contributed by atoms with E-state index >= 15 is 0 Å². The van der Waals surface area contributed by atoms with Crippen molar-refractivity contribution in [3.63, 3.8) is 0 Å². The molecule has 0 aliphatic rings. The highest BCUT2D eigenvalue weighted by atomic mass is 16.3. The maximum absolute atomic E-state index is 9.49. The number of hydrogen-bond donors (Lipinski definition) is 3. The zero-order valence-electron chi connectivity index (χ0n) is 13.0. The van der Waals surface area contributed by atoms with Gasteiger partial charge in [-0.15, -0.1) is 0 Å². The van der Waals surface area contributed by atoms with Crippen molar-refractivity contribution in [2.75, 3.05) is 6.61 Å². The van der Waals surface area contributed by atoms with Crippen molar-refractivity contribution in [1.29, 1.82) is 0 Å². The number of hydrogen-bond acceptors (Lipinski definition) is 3. The second-order valence-electron chi connectivity index (χ2n) is 5.37. The minimum atomic E-state index is -0.737. The molecule has 0 saturated heterocycles. The highest BCUT2D eigenvalue weighted by Crippen LogP contribution is 2.06. The van der Waals surface area contributed by atoms with E-state index in [0.29, 0.717) is 0 Å². The van der Waals surface area contributed by atoms with Gasteiger partial charge in [-0.2, -0.15) is 0 Å². The molecule has 0 aromatic heterocycles. The zero-order valence-corrected chi connectivity index (χ0v) is 13.0. The lowest BCUT2D eigenvalue weighted by molar-refractivity contribution is 0.144. The first-order valence-electron chi connectivity index (χ1n) is 8.08. The highest BCUT2D eigenvalue weighted by Gasteiger charge is 2.08. The number of rotatable bonds is 13. The van der Waals surface area contributed by atoms with Crippen LogP contribution in [0.1, 0.15) is 64.7 Å². The Morgan fingerprint density at radius 2 is 1.50 bits per heavy atom. The van der Waals surface area contributed by atoms with Gasteiger partial charge in [-0.05, 0) is 32.1 Å². The lowest BCUT2D eigenvalue weighted by Gasteiger charge is -2.11. The summed E-state index contributed by atoms with van der Waals surface area (Å²) < 4.78 is 0. The fraction of sp³-hybridized carbons (Fsp3) is 0.765. The van der Waals surface area contributed by atoms with Gasteiger partial charge < -0.3 is 15.9 Å². The molecule has 0 aliphatic carbocycles. The summed E-state index contributed by atoms with van der Waals surface area (Å²) in [5, 5.41) is 18.3. The fourth-order valence-electron chi connectivity index (χ4n) is 1.94. The van der Waals surface area contributed by atoms with Crippen molar-refractivity contribution < 1.29 is 10.2 Å². The molecule has 0 heterocycles. The Labute approximate surface area is 124 Å². The molecule has 3 heteroatoms. The summed E-state index contributed by atoms with van der Waals surface area (Å²) >= 11 is 0. The number of aliphatic hydroxyl groups excluding tert-OH is 2. The van der Waals surface area contributed by atoms with Gasteiger partial charge in [0.05, 0.1) is 18.8 Å². The summed E-state index contributed by atoms with van der Waals surface area (Å²) in [6, 6.07) is -0.571. The molecule has 0 aromatic rings. The summed E-state index contributed by atoms with van der Waals surface area (Å²) in [5.74, 6) is 0. The molecule has 0 aromatic carbocycles. The lowest BCUT2D eigenvalue weighted by Crippen LogP contribution is -2.36. The third-order valence-corrected chi connectivity index (χ3v) is 3.37. The van der Waals surface area contributed by atoms with Crippen molar-refractivity contribution in [3.8, 4) is 0 Å². The Morgan fingerprint density at radius 1 is 0.900 bits per heavy atom. The minimum absolute atomic E-state index is 0.188. The van der Waals surface area contributed by atoms with Gasteiger partial charge >= 0.3 is 0 Å². The first-order chi connectivity index (χ1) is 9.72. The zero-order chi connectivity index (χ0) is 15.1. The topological polar surface area (TPSA) is 66.5 Å². The van der Waals surface area contributed by atoms with Gasteiger partial charge in [-0.25, -0.2) is 0 Å². The highest BCUT2D eigenvalue weighted by molar-refractivity contribution is 4.94. The standard InChI is InChI=1S/C17H33NO2/c1-2-3-4-5-6-7-8-9-10-11-12-13-14-17(20)16(18)15-19/h8-9,13-14,16-17,19-20H,2-7,10-12,15,18H2,1H3/b9-8+,14-13+. The molecule has 0 bridgehead atoms. The Bertz CT molecular complexity index is 251. The molecular formula is C17H33NO2. The number of aliphatic hydroxyl groups is 2. The Kier molecular flexibility index (Phi) is 14.3. The van der Waals surface area contributed by atoms with Crippen LogP contribution in [0.25, 0.3) is 0 Å². The Morgan fingerprint density at radius 3 is 2.15 bits per heavy atom. The maximum atomic E-state index is 9.49. The molecule has 3 nitrogen and oxygen atoms in total. The van der Waals surface area contributed by atoms with E-state index in [1.54, 1.807) is 6.08 Å². The molecule has 0 radical (unpaired) electrons. The number of unbranched alkanes of at least 4 members (excludes halogenated alkanes) is 7. The van der Waals surface area contributed by atoms with E-state index in [1.165, 1.54) is 38.5 Å². The van der Waals surface area contributed by atoms with E-state index in [9.17, 15) is 5.11 Å². The largest absolute Gasteiger partial charge is 0.395 e. The van der Waals surface area contributed by atoms with Gasteiger partial charge in [0, 0.05) is 0 Å². The van der Waals surface area contributed by atoms with Gasteiger partial charge in [-0.1, -0.05) is 56.9 Å². The normalized spacial score (nSPS) is 15.2. The average Bonchev–Trinajstić information content (AvgIpc) is 2.47. The van der Waals surface area contributed by atoms with E-state index < -0.39 is 12.1 Å². The minimum Gasteiger partial charge on any atom is -0.395 e. The van der Waals surface area contributed by atoms with Gasteiger partial charge in [0.1, 0.15) is 0 Å². The summed E-state index contributed by atoms with van der Waals surface area (Å²) in [6.07, 6.45) is 18.4. The van der Waals surface area contributed by atoms with Crippen molar-refractivity contribution in [2.24, 2.45) is 5.73 Å². The summed E-state index contributed by atoms with van der Waals surface area (Å²) in [6.45, 7) is 2.05. The second-order valence-corrected chi connectivity index (χ2v) is 5.37. The van der Waals surface area contributed by atoms with Crippen LogP contribution in [0.4, 0.5) is 0 Å². The van der Waals surface area contributed by atoms with Gasteiger partial charge in [0.2, 0.25) is 0 Å². The van der Waals surface area contributed by atoms with E-state index in [4.69, 9.17) is 10.8 Å². The first-order valence-corrected chi connectivity index (χ1v) is 8.08. The monoisotopic (exact) mass is 283 g/mol. The number of allylic oxidation sites excluding steroid dienone is 3. The smallest absolute Gasteiger partial charge is 0.0894 e. The van der Waals surface area contributed by atoms with E-state index in [0.717, 1.165) is 19.3 Å². The summed E-state index contributed by atoms with van der Waals surface area (Å²) in [4.78, 5) is 0. The molecule has 2 atom stereocenters. The van der Waals surface area contributed by atoms with Crippen LogP contribution in [-0.4, -0.2) is 29.0 Å². The molecule has 0 fully saturated rings. The third kappa shape index (κ3) is 12.4. The molecule has 0 spiro atoms. The van der Waals surface area contributed by atoms with Crippen LogP contribution in [-0.2, 0) is 0 Å². The molecule has 4 N–H and O–H groups in total. The molecule has 118 valence electrons. The van der Waals surface area contributed by atoms with Crippen LogP contribution >= 0.6 is 0 Å². The van der Waals surface area contributed by atoms with E-state index in [1.807, 2.05) is 6.08 Å². The van der Waals surface area contributed by atoms with E-state index in [-0.39, 0.29) is 6.61 Å². The third-order valence-electron chi connectivity index (χ3n) is 3.37. The van der Waals surface area contributed by atoms with E-state index in [2.05, 4.69) is 19.1 Å². The predicted molar refractivity (Wildman–Crippen MR) is 86.6 cm³/mol. The fourth-order valence-corrected chi connectivity index (χ4v) is 1.94. The molecule has 0 saturated carbocycles. The average molecular weight is 283 g/mol. The van der Waals surface area contributed by atoms with Crippen LogP contribution in [0.3, 0.4) is 0 Å². The Hall–Kier alpha value is -0.640. The van der Waals surface area contributed by atoms with Crippen molar-refractivity contribution in [1.82, 2.24) is 0 Å². The molecule has 0 rings (SSSR count). The first kappa shape index (κ1) is 19.4. The van der Waals surface area contributed by atoms with Crippen molar-refractivity contribution in [3.05, 3.63) is 24.3 Å². The Balaban J connectivity index is 3.37. The molecule has 0 aliphatic heterocycles. The van der Waals surface area contributed by atoms with Crippen LogP contribution in [0, 0.1) is 0 Å².